The molecule has 3 rings (SSSR count). The number of aryl methyl sites for hydroxylation is 1. The Labute approximate surface area is 128 Å². The van der Waals surface area contributed by atoms with Crippen LogP contribution in [0.2, 0.25) is 0 Å². The molecule has 1 saturated heterocycles. The van der Waals surface area contributed by atoms with Crippen LogP contribution in [0.15, 0.2) is 24.3 Å². The predicted octanol–water partition coefficient (Wildman–Crippen LogP) is 1.63. The fourth-order valence-electron chi connectivity index (χ4n) is 3.38. The third-order valence-corrected chi connectivity index (χ3v) is 4.45. The molecule has 0 bridgehead atoms. The normalized spacial score (nSPS) is 24.1. The molecule has 1 spiro atoms. The van der Waals surface area contributed by atoms with Crippen molar-refractivity contribution in [3.05, 3.63) is 35.4 Å². The van der Waals surface area contributed by atoms with Crippen LogP contribution in [0.1, 0.15) is 36.8 Å². The van der Waals surface area contributed by atoms with E-state index >= 15 is 0 Å². The van der Waals surface area contributed by atoms with Crippen LogP contribution in [0.4, 0.5) is 4.79 Å². The van der Waals surface area contributed by atoms with Crippen LogP contribution in [0, 0.1) is 0 Å². The zero-order chi connectivity index (χ0) is 15.7. The number of nitrogens with zero attached hydrogens (tertiary/aromatic N) is 1. The standard InChI is InChI=1S/C16H18N2O4/c19-13(20)8-10-18-14(21)16(17-15(18)22)9-4-3-6-11-5-1-2-7-12(11)16/h1-2,5,7H,3-4,6,8-10H2,(H,17,22)(H,19,20)/t16-/m1/s1. The molecule has 1 heterocycles. The van der Waals surface area contributed by atoms with Crippen molar-refractivity contribution in [1.82, 2.24) is 10.2 Å². The maximum Gasteiger partial charge on any atom is 0.325 e. The summed E-state index contributed by atoms with van der Waals surface area (Å²) in [5.41, 5.74) is 0.903. The van der Waals surface area contributed by atoms with Crippen LogP contribution in [-0.4, -0.2) is 34.5 Å². The first kappa shape index (κ1) is 14.6. The Kier molecular flexibility index (Phi) is 3.60. The minimum atomic E-state index is -1.03. The molecular weight excluding hydrogens is 284 g/mol. The van der Waals surface area contributed by atoms with Crippen molar-refractivity contribution in [3.63, 3.8) is 0 Å². The maximum absolute atomic E-state index is 12.9. The van der Waals surface area contributed by atoms with Gasteiger partial charge in [0.05, 0.1) is 6.42 Å². The molecule has 0 unspecified atom stereocenters. The number of fused-ring (bicyclic) bond motifs is 2. The number of urea groups is 1. The summed E-state index contributed by atoms with van der Waals surface area (Å²) in [6.07, 6.45) is 3.01. The summed E-state index contributed by atoms with van der Waals surface area (Å²) in [7, 11) is 0. The lowest BCUT2D eigenvalue weighted by Gasteiger charge is -2.27. The van der Waals surface area contributed by atoms with Gasteiger partial charge >= 0.3 is 12.0 Å². The van der Waals surface area contributed by atoms with Gasteiger partial charge in [0.15, 0.2) is 0 Å². The number of hydrogen-bond acceptors (Lipinski definition) is 3. The third-order valence-electron chi connectivity index (χ3n) is 4.45. The van der Waals surface area contributed by atoms with Gasteiger partial charge in [0.1, 0.15) is 5.54 Å². The number of carbonyl (C=O) groups is 3. The van der Waals surface area contributed by atoms with E-state index in [-0.39, 0.29) is 18.9 Å². The zero-order valence-corrected chi connectivity index (χ0v) is 12.2. The van der Waals surface area contributed by atoms with E-state index in [2.05, 4.69) is 5.32 Å². The average Bonchev–Trinajstić information content (AvgIpc) is 2.63. The number of carbonyl (C=O) groups excluding carboxylic acids is 2. The van der Waals surface area contributed by atoms with E-state index in [0.717, 1.165) is 35.3 Å². The molecule has 6 heteroatoms. The van der Waals surface area contributed by atoms with Crippen molar-refractivity contribution in [2.24, 2.45) is 0 Å². The van der Waals surface area contributed by atoms with E-state index in [1.54, 1.807) is 0 Å². The largest absolute Gasteiger partial charge is 0.481 e. The highest BCUT2D eigenvalue weighted by atomic mass is 16.4. The van der Waals surface area contributed by atoms with Crippen molar-refractivity contribution >= 4 is 17.9 Å². The maximum atomic E-state index is 12.9. The molecule has 1 fully saturated rings. The number of rotatable bonds is 3. The van der Waals surface area contributed by atoms with E-state index in [1.807, 2.05) is 24.3 Å². The van der Waals surface area contributed by atoms with Crippen LogP contribution in [-0.2, 0) is 21.5 Å². The van der Waals surface area contributed by atoms with E-state index in [9.17, 15) is 14.4 Å². The Hall–Kier alpha value is -2.37. The number of amides is 3. The number of imide groups is 1. The Bertz CT molecular complexity index is 643. The van der Waals surface area contributed by atoms with Gasteiger partial charge in [-0.05, 0) is 36.8 Å². The molecule has 1 atom stereocenters. The van der Waals surface area contributed by atoms with Crippen molar-refractivity contribution in [2.45, 2.75) is 37.6 Å². The smallest absolute Gasteiger partial charge is 0.325 e. The summed E-state index contributed by atoms with van der Waals surface area (Å²) in [6.45, 7) is -0.0933. The number of carboxylic acids is 1. The summed E-state index contributed by atoms with van der Waals surface area (Å²) >= 11 is 0. The first-order valence-corrected chi connectivity index (χ1v) is 7.49. The van der Waals surface area contributed by atoms with E-state index in [0.29, 0.717) is 6.42 Å². The lowest BCUT2D eigenvalue weighted by molar-refractivity contribution is -0.138. The monoisotopic (exact) mass is 302 g/mol. The summed E-state index contributed by atoms with van der Waals surface area (Å²) < 4.78 is 0. The average molecular weight is 302 g/mol. The number of benzene rings is 1. The fraction of sp³-hybridized carbons (Fsp3) is 0.438. The molecule has 0 aromatic heterocycles. The lowest BCUT2D eigenvalue weighted by atomic mass is 9.84. The van der Waals surface area contributed by atoms with E-state index < -0.39 is 17.5 Å². The first-order chi connectivity index (χ1) is 10.5. The minimum Gasteiger partial charge on any atom is -0.481 e. The highest BCUT2D eigenvalue weighted by Gasteiger charge is 2.53. The van der Waals surface area contributed by atoms with Gasteiger partial charge in [0.25, 0.3) is 5.91 Å². The summed E-state index contributed by atoms with van der Waals surface area (Å²) in [5, 5.41) is 11.6. The van der Waals surface area contributed by atoms with Crippen molar-refractivity contribution < 1.29 is 19.5 Å². The number of nitrogens with one attached hydrogen (secondary N) is 1. The molecule has 1 aliphatic carbocycles. The molecular formula is C16H18N2O4. The van der Waals surface area contributed by atoms with Crippen LogP contribution in [0.25, 0.3) is 0 Å². The number of hydrogen-bond donors (Lipinski definition) is 2. The lowest BCUT2D eigenvalue weighted by Crippen LogP contribution is -2.44. The van der Waals surface area contributed by atoms with Gasteiger partial charge in [-0.1, -0.05) is 24.3 Å². The second kappa shape index (κ2) is 5.44. The fourth-order valence-corrected chi connectivity index (χ4v) is 3.38. The molecule has 116 valence electrons. The second-order valence-electron chi connectivity index (χ2n) is 5.80. The van der Waals surface area contributed by atoms with Crippen LogP contribution in [0.3, 0.4) is 0 Å². The summed E-state index contributed by atoms with van der Waals surface area (Å²) in [4.78, 5) is 36.8. The Morgan fingerprint density at radius 2 is 2.05 bits per heavy atom. The Morgan fingerprint density at radius 1 is 1.27 bits per heavy atom. The van der Waals surface area contributed by atoms with E-state index in [4.69, 9.17) is 5.11 Å². The third kappa shape index (κ3) is 2.24. The van der Waals surface area contributed by atoms with Gasteiger partial charge in [-0.3, -0.25) is 14.5 Å². The molecule has 0 saturated carbocycles. The zero-order valence-electron chi connectivity index (χ0n) is 12.2. The number of aliphatic carboxylic acids is 1. The molecule has 2 aliphatic rings. The van der Waals surface area contributed by atoms with Crippen molar-refractivity contribution in [2.75, 3.05) is 6.54 Å². The number of carboxylic acid groups (broad SMARTS) is 1. The molecule has 0 radical (unpaired) electrons. The topological polar surface area (TPSA) is 86.7 Å². The molecule has 2 N–H and O–H groups in total. The van der Waals surface area contributed by atoms with Gasteiger partial charge in [-0.15, -0.1) is 0 Å². The highest BCUT2D eigenvalue weighted by Crippen LogP contribution is 2.38. The molecule has 1 aliphatic heterocycles. The van der Waals surface area contributed by atoms with Gasteiger partial charge in [-0.2, -0.15) is 0 Å². The predicted molar refractivity (Wildman–Crippen MR) is 78.2 cm³/mol. The van der Waals surface area contributed by atoms with Gasteiger partial charge in [-0.25, -0.2) is 4.79 Å². The Balaban J connectivity index is 1.98. The summed E-state index contributed by atoms with van der Waals surface area (Å²) in [5.74, 6) is -1.35. The minimum absolute atomic E-state index is 0.0933. The van der Waals surface area contributed by atoms with Crippen LogP contribution in [0.5, 0.6) is 0 Å². The van der Waals surface area contributed by atoms with Gasteiger partial charge in [0.2, 0.25) is 0 Å². The second-order valence-corrected chi connectivity index (χ2v) is 5.80. The highest BCUT2D eigenvalue weighted by molar-refractivity contribution is 6.07. The Morgan fingerprint density at radius 3 is 2.82 bits per heavy atom. The van der Waals surface area contributed by atoms with Gasteiger partial charge in [0, 0.05) is 6.54 Å². The molecule has 3 amide bonds. The quantitative estimate of drug-likeness (QED) is 0.831. The van der Waals surface area contributed by atoms with Crippen molar-refractivity contribution in [3.8, 4) is 0 Å². The van der Waals surface area contributed by atoms with E-state index in [1.165, 1.54) is 0 Å². The summed E-state index contributed by atoms with van der Waals surface area (Å²) in [6, 6.07) is 7.18. The van der Waals surface area contributed by atoms with Crippen molar-refractivity contribution in [1.29, 1.82) is 0 Å². The van der Waals surface area contributed by atoms with Crippen LogP contribution >= 0.6 is 0 Å². The SMILES string of the molecule is O=C(O)CCN1C(=O)N[C@@]2(CCCCc3ccccc32)C1=O. The molecule has 6 nitrogen and oxygen atoms in total. The molecule has 1 aromatic rings. The molecule has 1 aromatic carbocycles. The molecule has 22 heavy (non-hydrogen) atoms. The first-order valence-electron chi connectivity index (χ1n) is 7.49. The van der Waals surface area contributed by atoms with Crippen LogP contribution < -0.4 is 5.32 Å². The van der Waals surface area contributed by atoms with Gasteiger partial charge < -0.3 is 10.4 Å².